The molecule has 9 heteroatoms. The maximum atomic E-state index is 11.6. The highest BCUT2D eigenvalue weighted by molar-refractivity contribution is 7.99. The van der Waals surface area contributed by atoms with Crippen LogP contribution in [0, 0.1) is 5.41 Å². The van der Waals surface area contributed by atoms with Gasteiger partial charge in [0.1, 0.15) is 6.10 Å². The van der Waals surface area contributed by atoms with Crippen molar-refractivity contribution < 1.29 is 9.53 Å². The van der Waals surface area contributed by atoms with E-state index in [0.717, 1.165) is 48.1 Å². The van der Waals surface area contributed by atoms with Gasteiger partial charge in [0.25, 0.3) is 0 Å². The summed E-state index contributed by atoms with van der Waals surface area (Å²) in [7, 11) is 0. The molecule has 4 atom stereocenters. The van der Waals surface area contributed by atoms with E-state index in [1.807, 2.05) is 16.8 Å². The Morgan fingerprint density at radius 3 is 2.79 bits per heavy atom. The van der Waals surface area contributed by atoms with Crippen LogP contribution < -0.4 is 5.32 Å². The molecule has 8 nitrogen and oxygen atoms in total. The van der Waals surface area contributed by atoms with E-state index in [1.165, 1.54) is 12.5 Å². The van der Waals surface area contributed by atoms with Crippen molar-refractivity contribution in [1.82, 2.24) is 25.0 Å². The van der Waals surface area contributed by atoms with E-state index < -0.39 is 0 Å². The second kappa shape index (κ2) is 8.37. The topological polar surface area (TPSA) is 94.8 Å². The Balaban J connectivity index is 1.32. The van der Waals surface area contributed by atoms with Gasteiger partial charge < -0.3 is 10.1 Å². The number of ether oxygens (including phenoxy) is 1. The summed E-state index contributed by atoms with van der Waals surface area (Å²) in [6, 6.07) is 10.9. The van der Waals surface area contributed by atoms with Crippen LogP contribution >= 0.6 is 11.8 Å². The number of benzene rings is 1. The minimum atomic E-state index is -0.255. The number of hydrogen-bond donors (Lipinski definition) is 1. The average Bonchev–Trinajstić information content (AvgIpc) is 3.72. The first-order valence-electron chi connectivity index (χ1n) is 12.0. The van der Waals surface area contributed by atoms with E-state index in [9.17, 15) is 4.79 Å². The van der Waals surface area contributed by atoms with Gasteiger partial charge in [-0.15, -0.1) is 5.10 Å². The number of rotatable bonds is 8. The van der Waals surface area contributed by atoms with E-state index >= 15 is 0 Å². The molecule has 2 aromatic heterocycles. The number of nitrogens with one attached hydrogen (secondary N) is 1. The number of thioether (sulfide) groups is 1. The Morgan fingerprint density at radius 1 is 1.24 bits per heavy atom. The number of aromatic nitrogens is 5. The summed E-state index contributed by atoms with van der Waals surface area (Å²) in [5.74, 6) is 1.92. The Labute approximate surface area is 202 Å². The lowest BCUT2D eigenvalue weighted by molar-refractivity contribution is -0.147. The summed E-state index contributed by atoms with van der Waals surface area (Å²) in [6.07, 6.45) is 7.95. The van der Waals surface area contributed by atoms with Crippen molar-refractivity contribution in [2.75, 3.05) is 11.1 Å². The largest absolute Gasteiger partial charge is 0.458 e. The highest BCUT2D eigenvalue weighted by Crippen LogP contribution is 2.61. The van der Waals surface area contributed by atoms with Gasteiger partial charge in [0.05, 0.1) is 6.04 Å². The van der Waals surface area contributed by atoms with Crippen LogP contribution in [0.25, 0.3) is 11.2 Å². The molecular formula is C25H28N6O2S. The van der Waals surface area contributed by atoms with Crippen LogP contribution in [0.2, 0.25) is 0 Å². The molecule has 3 aliphatic carbocycles. The van der Waals surface area contributed by atoms with E-state index in [-0.39, 0.29) is 23.5 Å². The van der Waals surface area contributed by atoms with Gasteiger partial charge in [-0.25, -0.2) is 14.6 Å². The van der Waals surface area contributed by atoms with Crippen LogP contribution in [-0.2, 0) is 9.53 Å². The fraction of sp³-hybridized carbons (Fsp3) is 0.480. The second-order valence-electron chi connectivity index (χ2n) is 9.51. The standard InChI is InChI=1S/C25H28N6O2S/c1-3-13-34-24-27-22(26-18-14-17(18)16-7-5-4-6-8-16)21-23(28-24)31(30-29-21)19-9-10-20(33-15(2)32)25(19)11-12-25/h4-10,17-20H,3,11-14H2,1-2H3,(H,26,27,28)/t17-,18+,19-,20+/m0/s1. The van der Waals surface area contributed by atoms with Crippen molar-refractivity contribution in [2.45, 2.75) is 68.8 Å². The smallest absolute Gasteiger partial charge is 0.303 e. The number of anilines is 1. The molecule has 34 heavy (non-hydrogen) atoms. The molecule has 176 valence electrons. The Hall–Kier alpha value is -2.94. The van der Waals surface area contributed by atoms with Crippen molar-refractivity contribution in [2.24, 2.45) is 5.41 Å². The van der Waals surface area contributed by atoms with E-state index in [1.54, 1.807) is 11.8 Å². The van der Waals surface area contributed by atoms with Crippen molar-refractivity contribution in [3.05, 3.63) is 48.0 Å². The highest BCUT2D eigenvalue weighted by atomic mass is 32.2. The summed E-state index contributed by atoms with van der Waals surface area (Å²) in [6.45, 7) is 3.62. The van der Waals surface area contributed by atoms with Gasteiger partial charge in [-0.05, 0) is 37.3 Å². The zero-order valence-corrected chi connectivity index (χ0v) is 20.2. The summed E-state index contributed by atoms with van der Waals surface area (Å²) in [5, 5.41) is 13.4. The SMILES string of the molecule is CCCSc1nc(N[C@@H]2C[C@H]2c2ccccc2)c2nnn([C@H]3C=C[C@@H](OC(C)=O)C34CC4)c2n1. The van der Waals surface area contributed by atoms with Gasteiger partial charge in [-0.1, -0.05) is 60.3 Å². The van der Waals surface area contributed by atoms with Crippen molar-refractivity contribution >= 4 is 34.7 Å². The minimum absolute atomic E-state index is 0.0355. The predicted molar refractivity (Wildman–Crippen MR) is 131 cm³/mol. The van der Waals surface area contributed by atoms with Crippen LogP contribution in [0.3, 0.4) is 0 Å². The fourth-order valence-electron chi connectivity index (χ4n) is 5.10. The van der Waals surface area contributed by atoms with Crippen molar-refractivity contribution in [3.8, 4) is 0 Å². The maximum absolute atomic E-state index is 11.6. The number of fused-ring (bicyclic) bond motifs is 1. The first-order chi connectivity index (χ1) is 16.6. The Morgan fingerprint density at radius 2 is 2.06 bits per heavy atom. The molecule has 0 amide bonds. The molecule has 3 aromatic rings. The second-order valence-corrected chi connectivity index (χ2v) is 10.6. The third-order valence-electron chi connectivity index (χ3n) is 7.09. The molecule has 0 bridgehead atoms. The third kappa shape index (κ3) is 3.76. The zero-order chi connectivity index (χ0) is 23.3. The van der Waals surface area contributed by atoms with Crippen molar-refractivity contribution in [3.63, 3.8) is 0 Å². The summed E-state index contributed by atoms with van der Waals surface area (Å²) >= 11 is 1.65. The first-order valence-corrected chi connectivity index (χ1v) is 13.0. The molecule has 2 fully saturated rings. The lowest BCUT2D eigenvalue weighted by Crippen LogP contribution is -2.29. The summed E-state index contributed by atoms with van der Waals surface area (Å²) < 4.78 is 7.52. The quantitative estimate of drug-likeness (QED) is 0.220. The van der Waals surface area contributed by atoms with Crippen LogP contribution in [0.15, 0.2) is 47.6 Å². The molecule has 1 aromatic carbocycles. The maximum Gasteiger partial charge on any atom is 0.303 e. The number of carbonyl (C=O) groups excluding carboxylic acids is 1. The number of nitrogens with zero attached hydrogens (tertiary/aromatic N) is 5. The molecule has 2 heterocycles. The van der Waals surface area contributed by atoms with Crippen LogP contribution in [-0.4, -0.2) is 48.8 Å². The van der Waals surface area contributed by atoms with Crippen LogP contribution in [0.5, 0.6) is 0 Å². The lowest BCUT2D eigenvalue weighted by atomic mass is 9.97. The minimum Gasteiger partial charge on any atom is -0.458 e. The van der Waals surface area contributed by atoms with E-state index in [0.29, 0.717) is 17.5 Å². The van der Waals surface area contributed by atoms with Crippen LogP contribution in [0.4, 0.5) is 5.82 Å². The number of allylic oxidation sites excluding steroid dienone is 1. The first kappa shape index (κ1) is 21.6. The molecule has 1 spiro atoms. The molecule has 0 saturated heterocycles. The average molecular weight is 477 g/mol. The fourth-order valence-corrected chi connectivity index (χ4v) is 5.79. The van der Waals surface area contributed by atoms with Crippen LogP contribution in [0.1, 0.15) is 57.1 Å². The molecule has 1 N–H and O–H groups in total. The van der Waals surface area contributed by atoms with Gasteiger partial charge in [0, 0.05) is 30.1 Å². The predicted octanol–water partition coefficient (Wildman–Crippen LogP) is 4.51. The molecule has 3 aliphatic rings. The molecule has 0 radical (unpaired) electrons. The van der Waals surface area contributed by atoms with E-state index in [4.69, 9.17) is 14.7 Å². The molecule has 0 aliphatic heterocycles. The normalized spacial score (nSPS) is 26.2. The number of carbonyl (C=O) groups is 1. The van der Waals surface area contributed by atoms with Crippen molar-refractivity contribution in [1.29, 1.82) is 0 Å². The summed E-state index contributed by atoms with van der Waals surface area (Å²) in [4.78, 5) is 21.3. The molecule has 2 saturated carbocycles. The monoisotopic (exact) mass is 476 g/mol. The van der Waals surface area contributed by atoms with Gasteiger partial charge in [-0.2, -0.15) is 0 Å². The highest BCUT2D eigenvalue weighted by Gasteiger charge is 2.59. The van der Waals surface area contributed by atoms with Gasteiger partial charge >= 0.3 is 5.97 Å². The molecular weight excluding hydrogens is 448 g/mol. The number of hydrogen-bond acceptors (Lipinski definition) is 8. The molecule has 0 unspecified atom stereocenters. The lowest BCUT2D eigenvalue weighted by Gasteiger charge is -2.24. The third-order valence-corrected chi connectivity index (χ3v) is 8.14. The molecule has 6 rings (SSSR count). The Kier molecular flexibility index (Phi) is 5.32. The number of esters is 1. The summed E-state index contributed by atoms with van der Waals surface area (Å²) in [5.41, 5.74) is 2.63. The van der Waals surface area contributed by atoms with E-state index in [2.05, 4.69) is 52.9 Å². The zero-order valence-electron chi connectivity index (χ0n) is 19.3. The van der Waals surface area contributed by atoms with Gasteiger partial charge in [0.2, 0.25) is 0 Å². The van der Waals surface area contributed by atoms with Gasteiger partial charge in [0.15, 0.2) is 22.1 Å². The van der Waals surface area contributed by atoms with Gasteiger partial charge in [-0.3, -0.25) is 4.79 Å². The Bertz CT molecular complexity index is 1260.